The van der Waals surface area contributed by atoms with Gasteiger partial charge >= 0.3 is 6.18 Å². The van der Waals surface area contributed by atoms with E-state index in [4.69, 9.17) is 4.52 Å². The van der Waals surface area contributed by atoms with Crippen molar-refractivity contribution in [1.29, 1.82) is 0 Å². The molecule has 152 valence electrons. The third kappa shape index (κ3) is 4.27. The van der Waals surface area contributed by atoms with Gasteiger partial charge < -0.3 is 14.5 Å². The fourth-order valence-electron chi connectivity index (χ4n) is 2.93. The van der Waals surface area contributed by atoms with Crippen LogP contribution in [0.15, 0.2) is 28.9 Å². The van der Waals surface area contributed by atoms with Crippen molar-refractivity contribution in [2.75, 3.05) is 16.8 Å². The van der Waals surface area contributed by atoms with E-state index in [0.717, 1.165) is 6.07 Å². The number of aliphatic hydroxyl groups is 1. The average Bonchev–Trinajstić information content (AvgIpc) is 3.20. The number of carbonyl (C=O) groups excluding carboxylic acids is 1. The highest BCUT2D eigenvalue weighted by molar-refractivity contribution is 5.96. The van der Waals surface area contributed by atoms with Gasteiger partial charge in [-0.25, -0.2) is 4.98 Å². The summed E-state index contributed by atoms with van der Waals surface area (Å²) >= 11 is 0. The van der Waals surface area contributed by atoms with Crippen LogP contribution >= 0.6 is 0 Å². The number of nitrogens with zero attached hydrogens (tertiary/aromatic N) is 3. The molecule has 0 aliphatic carbocycles. The lowest BCUT2D eigenvalue weighted by atomic mass is 9.92. The van der Waals surface area contributed by atoms with Gasteiger partial charge in [-0.1, -0.05) is 25.9 Å². The molecule has 7 nitrogen and oxygen atoms in total. The lowest BCUT2D eigenvalue weighted by molar-refractivity contribution is -0.137. The number of aromatic nitrogens is 2. The molecule has 1 aliphatic heterocycles. The fraction of sp³-hybridized carbons (Fsp3) is 0.500. The van der Waals surface area contributed by atoms with Gasteiger partial charge in [-0.05, 0) is 12.1 Å². The molecule has 0 saturated carbocycles. The summed E-state index contributed by atoms with van der Waals surface area (Å²) in [6.45, 7) is 5.92. The first-order valence-electron chi connectivity index (χ1n) is 8.71. The van der Waals surface area contributed by atoms with Gasteiger partial charge in [0.25, 0.3) is 0 Å². The Morgan fingerprint density at radius 2 is 2.04 bits per heavy atom. The number of alkyl halides is 3. The van der Waals surface area contributed by atoms with Crippen LogP contribution < -0.4 is 10.2 Å². The minimum atomic E-state index is -4.50. The SMILES string of the molecule is CC(C)(C)c1cc(NC(=O)[C@@H]2C[C@@H](O)CN2c2ccc(C(F)(F)F)cn2)on1. The molecular formula is C18H21F3N4O3. The predicted molar refractivity (Wildman–Crippen MR) is 94.8 cm³/mol. The molecule has 1 aliphatic rings. The number of rotatable bonds is 3. The minimum absolute atomic E-state index is 0.0834. The molecule has 10 heteroatoms. The number of anilines is 2. The van der Waals surface area contributed by atoms with Crippen molar-refractivity contribution >= 4 is 17.6 Å². The first-order valence-corrected chi connectivity index (χ1v) is 8.71. The zero-order valence-electron chi connectivity index (χ0n) is 15.6. The Hall–Kier alpha value is -2.62. The van der Waals surface area contributed by atoms with Crippen molar-refractivity contribution in [2.24, 2.45) is 0 Å². The number of halogens is 3. The summed E-state index contributed by atoms with van der Waals surface area (Å²) in [6.07, 6.45) is -4.47. The van der Waals surface area contributed by atoms with Crippen LogP contribution in [-0.4, -0.2) is 39.8 Å². The molecule has 0 bridgehead atoms. The van der Waals surface area contributed by atoms with Gasteiger partial charge in [-0.3, -0.25) is 10.1 Å². The smallest absolute Gasteiger partial charge is 0.391 e. The van der Waals surface area contributed by atoms with Gasteiger partial charge in [0.2, 0.25) is 11.8 Å². The second-order valence-electron chi connectivity index (χ2n) is 7.78. The molecule has 1 amide bonds. The monoisotopic (exact) mass is 398 g/mol. The summed E-state index contributed by atoms with van der Waals surface area (Å²) < 4.78 is 43.3. The Morgan fingerprint density at radius 3 is 2.57 bits per heavy atom. The summed E-state index contributed by atoms with van der Waals surface area (Å²) in [6, 6.07) is 2.90. The number of nitrogens with one attached hydrogen (secondary N) is 1. The van der Waals surface area contributed by atoms with Crippen molar-refractivity contribution in [1.82, 2.24) is 10.1 Å². The Balaban J connectivity index is 1.76. The Bertz CT molecular complexity index is 843. The third-order valence-electron chi connectivity index (χ3n) is 4.48. The molecule has 3 heterocycles. The van der Waals surface area contributed by atoms with E-state index in [1.54, 1.807) is 6.07 Å². The molecule has 2 aromatic rings. The predicted octanol–water partition coefficient (Wildman–Crippen LogP) is 2.96. The van der Waals surface area contributed by atoms with Crippen molar-refractivity contribution < 1.29 is 27.6 Å². The van der Waals surface area contributed by atoms with Crippen LogP contribution in [0.5, 0.6) is 0 Å². The highest BCUT2D eigenvalue weighted by Crippen LogP contribution is 2.31. The number of aliphatic hydroxyl groups excluding tert-OH is 1. The van der Waals surface area contributed by atoms with Gasteiger partial charge in [0, 0.05) is 30.6 Å². The first kappa shape index (κ1) is 20.1. The topological polar surface area (TPSA) is 91.5 Å². The normalized spacial score (nSPS) is 20.5. The number of hydrogen-bond donors (Lipinski definition) is 2. The number of amides is 1. The molecule has 0 radical (unpaired) electrons. The van der Waals surface area contributed by atoms with Crippen LogP contribution in [0.3, 0.4) is 0 Å². The first-order chi connectivity index (χ1) is 12.9. The van der Waals surface area contributed by atoms with Gasteiger partial charge in [0.1, 0.15) is 11.9 Å². The Labute approximate surface area is 159 Å². The fourth-order valence-corrected chi connectivity index (χ4v) is 2.93. The molecule has 3 rings (SSSR count). The van der Waals surface area contributed by atoms with Crippen molar-refractivity contribution in [3.05, 3.63) is 35.7 Å². The number of carbonyl (C=O) groups is 1. The Morgan fingerprint density at radius 1 is 1.32 bits per heavy atom. The zero-order chi connectivity index (χ0) is 20.7. The molecule has 1 saturated heterocycles. The van der Waals surface area contributed by atoms with Crippen LogP contribution in [0.1, 0.15) is 38.4 Å². The van der Waals surface area contributed by atoms with Crippen LogP contribution in [-0.2, 0) is 16.4 Å². The molecule has 2 aromatic heterocycles. The quantitative estimate of drug-likeness (QED) is 0.826. The van der Waals surface area contributed by atoms with Crippen LogP contribution in [0.25, 0.3) is 0 Å². The van der Waals surface area contributed by atoms with Gasteiger partial charge in [-0.15, -0.1) is 0 Å². The van der Waals surface area contributed by atoms with Crippen molar-refractivity contribution in [3.63, 3.8) is 0 Å². The largest absolute Gasteiger partial charge is 0.417 e. The summed E-state index contributed by atoms with van der Waals surface area (Å²) in [5.41, 5.74) is -0.476. The summed E-state index contributed by atoms with van der Waals surface area (Å²) in [5.74, 6) is -0.121. The lowest BCUT2D eigenvalue weighted by Crippen LogP contribution is -2.40. The number of hydrogen-bond acceptors (Lipinski definition) is 6. The lowest BCUT2D eigenvalue weighted by Gasteiger charge is -2.24. The van der Waals surface area contributed by atoms with E-state index in [1.165, 1.54) is 11.0 Å². The van der Waals surface area contributed by atoms with Crippen molar-refractivity contribution in [2.45, 2.75) is 50.9 Å². The number of pyridine rings is 1. The van der Waals surface area contributed by atoms with Crippen LogP contribution in [0.2, 0.25) is 0 Å². The van der Waals surface area contributed by atoms with Gasteiger partial charge in [0.05, 0.1) is 17.4 Å². The second kappa shape index (κ2) is 7.08. The van der Waals surface area contributed by atoms with E-state index < -0.39 is 29.8 Å². The minimum Gasteiger partial charge on any atom is -0.391 e. The molecule has 28 heavy (non-hydrogen) atoms. The van der Waals surface area contributed by atoms with Crippen LogP contribution in [0, 0.1) is 0 Å². The molecule has 2 atom stereocenters. The van der Waals surface area contributed by atoms with E-state index in [0.29, 0.717) is 11.9 Å². The standard InChI is InChI=1S/C18H21F3N4O3/c1-17(2,3)13-7-15(28-24-13)23-16(27)12-6-11(26)9-25(12)14-5-4-10(8-22-14)18(19,20)21/h4-5,7-8,11-12,26H,6,9H2,1-3H3,(H,23,27)/t11-,12+/m1/s1. The summed E-state index contributed by atoms with van der Waals surface area (Å²) in [5, 5.41) is 16.5. The summed E-state index contributed by atoms with van der Waals surface area (Å²) in [4.78, 5) is 18.0. The maximum Gasteiger partial charge on any atom is 0.417 e. The molecule has 0 spiro atoms. The molecule has 0 unspecified atom stereocenters. The average molecular weight is 398 g/mol. The van der Waals surface area contributed by atoms with Gasteiger partial charge in [0.15, 0.2) is 0 Å². The molecule has 0 aromatic carbocycles. The summed E-state index contributed by atoms with van der Waals surface area (Å²) in [7, 11) is 0. The van der Waals surface area contributed by atoms with E-state index in [9.17, 15) is 23.1 Å². The molecule has 2 N–H and O–H groups in total. The van der Waals surface area contributed by atoms with E-state index in [2.05, 4.69) is 15.5 Å². The second-order valence-corrected chi connectivity index (χ2v) is 7.78. The highest BCUT2D eigenvalue weighted by Gasteiger charge is 2.38. The van der Waals surface area contributed by atoms with Gasteiger partial charge in [-0.2, -0.15) is 13.2 Å². The Kier molecular flexibility index (Phi) is 5.09. The van der Waals surface area contributed by atoms with E-state index in [1.807, 2.05) is 20.8 Å². The maximum atomic E-state index is 12.7. The zero-order valence-corrected chi connectivity index (χ0v) is 15.6. The highest BCUT2D eigenvalue weighted by atomic mass is 19.4. The van der Waals surface area contributed by atoms with Crippen molar-refractivity contribution in [3.8, 4) is 0 Å². The third-order valence-corrected chi connectivity index (χ3v) is 4.48. The molecule has 1 fully saturated rings. The van der Waals surface area contributed by atoms with E-state index in [-0.39, 0.29) is 30.1 Å². The van der Waals surface area contributed by atoms with Crippen LogP contribution in [0.4, 0.5) is 24.9 Å². The molecular weight excluding hydrogens is 377 g/mol. The number of β-amino-alcohol motifs (C(OH)–C–C–N with tert-alkyl or cyclic N) is 1. The maximum absolute atomic E-state index is 12.7. The van der Waals surface area contributed by atoms with E-state index >= 15 is 0 Å².